The number of nitrogens with zero attached hydrogens (tertiary/aromatic N) is 4. The normalized spacial score (nSPS) is 9.86. The van der Waals surface area contributed by atoms with E-state index in [-0.39, 0.29) is 257 Å². The number of rotatable bonds is 0. The first-order chi connectivity index (χ1) is 41.9. The predicted octanol–water partition coefficient (Wildman–Crippen LogP) is 20.7. The molecular formula is C84H112N4O8V2Y3-6. The van der Waals surface area contributed by atoms with Gasteiger partial charge in [-0.2, -0.15) is 0 Å². The summed E-state index contributed by atoms with van der Waals surface area (Å²) in [5.41, 5.74) is 4.04. The Bertz CT molecular complexity index is 2650. The second-order valence-electron chi connectivity index (χ2n) is 16.6. The summed E-state index contributed by atoms with van der Waals surface area (Å²) in [5.74, 6) is -1.70. The van der Waals surface area contributed by atoms with Crippen LogP contribution in [0.25, 0.3) is 0 Å². The second kappa shape index (κ2) is 81.3. The molecular weight excluding hydrogens is 1560 g/mol. The average molecular weight is 1670 g/mol. The first-order valence-electron chi connectivity index (χ1n) is 28.5. The van der Waals surface area contributed by atoms with Crippen LogP contribution in [0.3, 0.4) is 0 Å². The number of hydrogen-bond acceptors (Lipinski definition) is 8. The molecule has 4 aliphatic heterocycles. The molecule has 0 atom stereocenters. The van der Waals surface area contributed by atoms with Gasteiger partial charge in [0.2, 0.25) is 0 Å². The standard InChI is InChI=1S/4C9H7NO2.5C6H6.4C2H6.10CH3.2V.3Y/c4*1-10-8(11)6-4-2-3-5-7(6)9(10)12;5*1-2-4-6-5-3-1;4*1-2;;;;;;;;;;;;;;;/h4*2-5H,1H3;5*1-6H;4*1-2H3;10*1H3;;;;;/q;;;;;;;;;;;;;10*-1;2*+2;;;. The minimum absolute atomic E-state index is 0. The first kappa shape index (κ1) is 131. The van der Waals surface area contributed by atoms with E-state index in [9.17, 15) is 38.4 Å². The van der Waals surface area contributed by atoms with Crippen LogP contribution in [0.15, 0.2) is 279 Å². The number of amides is 8. The SMILES string of the molecule is CC.CC.CC.CC.CN1C(=O)c2ccccc2C1=O.CN1C(=O)c2ccccc2C1=O.CN1C(=O)c2ccccc2C1=O.CN1C(=O)c2ccccc2C1=O.[CH3-].[CH3-].[CH3-].[CH3-].[CH3-].[CH3-].[CH3-].[CH3-].[CH3-].[CH3-].[V+2].[V+2].[Y].[Y].[Y].c1ccccc1.c1ccccc1.c1ccccc1.c1ccccc1.c1ccccc1. The van der Waals surface area contributed by atoms with Gasteiger partial charge in [-0.25, -0.2) is 0 Å². The fourth-order valence-corrected chi connectivity index (χ4v) is 7.16. The molecule has 0 N–H and O–H groups in total. The van der Waals surface area contributed by atoms with Gasteiger partial charge >= 0.3 is 37.1 Å². The Labute approximate surface area is 713 Å². The van der Waals surface area contributed by atoms with Gasteiger partial charge in [0.25, 0.3) is 47.3 Å². The zero-order valence-corrected chi connectivity index (χ0v) is 75.5. The van der Waals surface area contributed by atoms with Crippen LogP contribution in [0.2, 0.25) is 0 Å². The third kappa shape index (κ3) is 45.7. The van der Waals surface area contributed by atoms with Crippen LogP contribution in [-0.4, -0.2) is 95.0 Å². The van der Waals surface area contributed by atoms with Gasteiger partial charge in [0, 0.05) is 126 Å². The maximum absolute atomic E-state index is 11.3. The van der Waals surface area contributed by atoms with Crippen LogP contribution in [0, 0.1) is 74.3 Å². The molecule has 13 rings (SSSR count). The summed E-state index contributed by atoms with van der Waals surface area (Å²) in [6.07, 6.45) is 0. The van der Waals surface area contributed by atoms with Crippen molar-refractivity contribution in [3.05, 3.63) is 398 Å². The molecule has 0 bridgehead atoms. The van der Waals surface area contributed by atoms with Crippen molar-refractivity contribution in [2.75, 3.05) is 28.2 Å². The van der Waals surface area contributed by atoms with Gasteiger partial charge in [-0.05, 0) is 48.5 Å². The van der Waals surface area contributed by atoms with Gasteiger partial charge in [0.05, 0.1) is 44.5 Å². The smallest absolute Gasteiger partial charge is 0.358 e. The molecule has 9 aromatic rings. The molecule has 0 unspecified atom stereocenters. The Morgan fingerprint density at radius 3 is 0.277 bits per heavy atom. The number of fused-ring (bicyclic) bond motifs is 4. The van der Waals surface area contributed by atoms with Crippen molar-refractivity contribution in [3.63, 3.8) is 0 Å². The maximum Gasteiger partial charge on any atom is 2.00 e. The molecule has 0 fully saturated rings. The Kier molecular flexibility index (Phi) is 106. The third-order valence-electron chi connectivity index (χ3n) is 11.3. The summed E-state index contributed by atoms with van der Waals surface area (Å²) in [4.78, 5) is 95.0. The quantitative estimate of drug-likeness (QED) is 0.108. The fraction of sp³-hybridized carbons (Fsp3) is 0.143. The van der Waals surface area contributed by atoms with E-state index in [1.807, 2.05) is 237 Å². The van der Waals surface area contributed by atoms with E-state index < -0.39 is 0 Å². The van der Waals surface area contributed by atoms with E-state index in [1.165, 1.54) is 28.2 Å². The number of imide groups is 4. The molecule has 8 amide bonds. The summed E-state index contributed by atoms with van der Waals surface area (Å²) in [6.45, 7) is 16.0. The van der Waals surface area contributed by atoms with Crippen molar-refractivity contribution in [1.29, 1.82) is 0 Å². The summed E-state index contributed by atoms with van der Waals surface area (Å²) >= 11 is 0. The molecule has 0 aliphatic carbocycles. The monoisotopic (exact) mass is 1670 g/mol. The molecule has 0 saturated carbocycles. The first-order valence-corrected chi connectivity index (χ1v) is 28.5. The van der Waals surface area contributed by atoms with Crippen molar-refractivity contribution < 1.29 is 174 Å². The van der Waals surface area contributed by atoms with Crippen LogP contribution >= 0.6 is 0 Å². The van der Waals surface area contributed by atoms with E-state index >= 15 is 0 Å². The van der Waals surface area contributed by atoms with E-state index in [0.29, 0.717) is 44.5 Å². The molecule has 0 spiro atoms. The molecule has 0 saturated heterocycles. The third-order valence-corrected chi connectivity index (χ3v) is 11.3. The average Bonchev–Trinajstić information content (AvgIpc) is 1.69. The maximum atomic E-state index is 11.3. The number of carbonyl (C=O) groups excluding carboxylic acids is 8. The molecule has 4 heterocycles. The van der Waals surface area contributed by atoms with Crippen molar-refractivity contribution in [2.45, 2.75) is 55.4 Å². The molecule has 12 nitrogen and oxygen atoms in total. The zero-order chi connectivity index (χ0) is 64.1. The van der Waals surface area contributed by atoms with Crippen molar-refractivity contribution in [3.8, 4) is 0 Å². The Balaban J connectivity index is -0.0000000622. The number of benzene rings is 9. The minimum atomic E-state index is -0.212. The van der Waals surface area contributed by atoms with Gasteiger partial charge < -0.3 is 74.3 Å². The molecule has 101 heavy (non-hydrogen) atoms. The van der Waals surface area contributed by atoms with Crippen LogP contribution in [0.4, 0.5) is 0 Å². The zero-order valence-electron chi connectivity index (χ0n) is 64.2. The fourth-order valence-electron chi connectivity index (χ4n) is 7.16. The summed E-state index contributed by atoms with van der Waals surface area (Å²) in [6, 6.07) is 87.4. The molecule has 4 aliphatic rings. The van der Waals surface area contributed by atoms with Gasteiger partial charge in [-0.1, -0.05) is 286 Å². The minimum Gasteiger partial charge on any atom is -0.358 e. The largest absolute Gasteiger partial charge is 2.00 e. The van der Waals surface area contributed by atoms with Crippen molar-refractivity contribution in [1.82, 2.24) is 19.6 Å². The Hall–Kier alpha value is -5.98. The van der Waals surface area contributed by atoms with Gasteiger partial charge in [-0.3, -0.25) is 58.0 Å². The summed E-state index contributed by atoms with van der Waals surface area (Å²) < 4.78 is 0. The molecule has 0 aromatic heterocycles. The number of hydrogen-bond donors (Lipinski definition) is 0. The van der Waals surface area contributed by atoms with Gasteiger partial charge in [0.1, 0.15) is 0 Å². The van der Waals surface area contributed by atoms with Gasteiger partial charge in [-0.15, -0.1) is 0 Å². The molecule has 541 valence electrons. The summed E-state index contributed by atoms with van der Waals surface area (Å²) in [5, 5.41) is 0. The van der Waals surface area contributed by atoms with E-state index in [2.05, 4.69) is 0 Å². The van der Waals surface area contributed by atoms with Crippen LogP contribution in [0.5, 0.6) is 0 Å². The van der Waals surface area contributed by atoms with E-state index in [1.54, 1.807) is 97.1 Å². The second-order valence-corrected chi connectivity index (χ2v) is 16.6. The van der Waals surface area contributed by atoms with Crippen molar-refractivity contribution in [2.24, 2.45) is 0 Å². The Morgan fingerprint density at radius 1 is 0.158 bits per heavy atom. The molecule has 5 radical (unpaired) electrons. The summed E-state index contributed by atoms with van der Waals surface area (Å²) in [7, 11) is 5.96. The van der Waals surface area contributed by atoms with Crippen LogP contribution in [0.1, 0.15) is 138 Å². The van der Waals surface area contributed by atoms with Crippen LogP contribution < -0.4 is 0 Å². The molecule has 9 aromatic carbocycles. The number of carbonyl (C=O) groups is 8. The Morgan fingerprint density at radius 2 is 0.218 bits per heavy atom. The topological polar surface area (TPSA) is 150 Å². The predicted molar refractivity (Wildman–Crippen MR) is 413 cm³/mol. The van der Waals surface area contributed by atoms with Crippen molar-refractivity contribution >= 4 is 47.3 Å². The van der Waals surface area contributed by atoms with E-state index in [4.69, 9.17) is 0 Å². The van der Waals surface area contributed by atoms with Gasteiger partial charge in [0.15, 0.2) is 0 Å². The van der Waals surface area contributed by atoms with E-state index in [0.717, 1.165) is 19.6 Å². The molecule has 17 heteroatoms. The van der Waals surface area contributed by atoms with Crippen LogP contribution in [-0.2, 0) is 135 Å².